The molecule has 0 aliphatic heterocycles. The van der Waals surface area contributed by atoms with Gasteiger partial charge in [-0.25, -0.2) is 0 Å². The fraction of sp³-hybridized carbons (Fsp3) is 0.0196. The number of aromatic nitrogens is 2. The molecule has 13 rings (SSSR count). The molecular formula is C51H30N2. The topological polar surface area (TPSA) is 8.82 Å². The normalized spacial score (nSPS) is 12.6. The molecule has 0 amide bonds. The van der Waals surface area contributed by atoms with Gasteiger partial charge in [-0.1, -0.05) is 133 Å². The van der Waals surface area contributed by atoms with Crippen LogP contribution >= 0.6 is 0 Å². The van der Waals surface area contributed by atoms with Gasteiger partial charge < -0.3 is 8.80 Å². The first-order chi connectivity index (χ1) is 26.3. The van der Waals surface area contributed by atoms with E-state index in [0.717, 1.165) is 0 Å². The number of fused-ring (bicyclic) bond motifs is 14. The SMILES string of the molecule is Cc1c2cccc(-c3cccc4c3c3cccc5c6ccccc6n4c53)c2cc2c(-c3cccc4c3c3cccc5c6ccccc6n4c53)cccc12. The van der Waals surface area contributed by atoms with E-state index in [4.69, 9.17) is 0 Å². The Morgan fingerprint density at radius 3 is 1.15 bits per heavy atom. The molecule has 13 aromatic rings. The van der Waals surface area contributed by atoms with Crippen LogP contribution in [0, 0.1) is 6.92 Å². The lowest BCUT2D eigenvalue weighted by molar-refractivity contribution is 1.37. The van der Waals surface area contributed by atoms with Crippen LogP contribution in [0.5, 0.6) is 0 Å². The van der Waals surface area contributed by atoms with Gasteiger partial charge in [0.15, 0.2) is 0 Å². The van der Waals surface area contributed by atoms with Crippen molar-refractivity contribution in [1.29, 1.82) is 0 Å². The minimum atomic E-state index is 1.26. The molecule has 244 valence electrons. The van der Waals surface area contributed by atoms with Crippen LogP contribution in [0.15, 0.2) is 164 Å². The van der Waals surface area contributed by atoms with Crippen molar-refractivity contribution in [3.63, 3.8) is 0 Å². The van der Waals surface area contributed by atoms with Gasteiger partial charge in [0, 0.05) is 43.1 Å². The van der Waals surface area contributed by atoms with Crippen LogP contribution in [0.4, 0.5) is 0 Å². The standard InChI is InChI=1S/C51H30N2/c1-29-30-14-6-16-32(36-18-10-26-46-48(36)40-22-8-20-38-34-12-2-4-24-44(34)52(46)50(38)40)42(30)28-43-31(29)15-7-17-33(43)37-19-11-27-47-49(37)41-23-9-21-39-35-13-3-5-25-45(35)53(47)51(39)41/h2-28H,1H3. The second-order valence-corrected chi connectivity index (χ2v) is 14.8. The maximum atomic E-state index is 2.48. The summed E-state index contributed by atoms with van der Waals surface area (Å²) in [5.74, 6) is 0. The van der Waals surface area contributed by atoms with Gasteiger partial charge in [-0.05, 0) is 86.6 Å². The van der Waals surface area contributed by atoms with E-state index in [0.29, 0.717) is 0 Å². The van der Waals surface area contributed by atoms with Crippen molar-refractivity contribution < 1.29 is 0 Å². The number of benzene rings is 9. The van der Waals surface area contributed by atoms with E-state index in [-0.39, 0.29) is 0 Å². The Hall–Kier alpha value is -6.90. The lowest BCUT2D eigenvalue weighted by Crippen LogP contribution is -1.90. The van der Waals surface area contributed by atoms with E-state index in [1.54, 1.807) is 0 Å². The van der Waals surface area contributed by atoms with Crippen LogP contribution in [0.25, 0.3) is 120 Å². The first kappa shape index (κ1) is 27.8. The Morgan fingerprint density at radius 1 is 0.283 bits per heavy atom. The van der Waals surface area contributed by atoms with E-state index >= 15 is 0 Å². The fourth-order valence-electron chi connectivity index (χ4n) is 10.3. The number of hydrogen-bond donors (Lipinski definition) is 0. The predicted molar refractivity (Wildman–Crippen MR) is 226 cm³/mol. The molecule has 2 heteroatoms. The number of para-hydroxylation sites is 4. The van der Waals surface area contributed by atoms with Crippen LogP contribution in [0.1, 0.15) is 5.56 Å². The second kappa shape index (κ2) is 9.70. The van der Waals surface area contributed by atoms with Gasteiger partial charge in [0.25, 0.3) is 0 Å². The molecule has 0 aliphatic carbocycles. The molecule has 9 aromatic carbocycles. The Kier molecular flexibility index (Phi) is 5.08. The van der Waals surface area contributed by atoms with Gasteiger partial charge in [-0.3, -0.25) is 0 Å². The number of hydrogen-bond acceptors (Lipinski definition) is 0. The third kappa shape index (κ3) is 3.31. The van der Waals surface area contributed by atoms with E-state index < -0.39 is 0 Å². The molecule has 0 saturated heterocycles. The van der Waals surface area contributed by atoms with Crippen molar-refractivity contribution in [2.24, 2.45) is 0 Å². The summed E-state index contributed by atoms with van der Waals surface area (Å²) in [6.07, 6.45) is 0. The molecule has 0 atom stereocenters. The van der Waals surface area contributed by atoms with Gasteiger partial charge in [0.05, 0.1) is 33.1 Å². The molecule has 0 saturated carbocycles. The predicted octanol–water partition coefficient (Wildman–Crippen LogP) is 13.9. The smallest absolute Gasteiger partial charge is 0.0620 e. The molecule has 0 N–H and O–H groups in total. The fourth-order valence-corrected chi connectivity index (χ4v) is 10.3. The van der Waals surface area contributed by atoms with Gasteiger partial charge in [0.1, 0.15) is 0 Å². The Labute approximate surface area is 304 Å². The maximum absolute atomic E-state index is 2.48. The van der Waals surface area contributed by atoms with Crippen LogP contribution in [0.3, 0.4) is 0 Å². The average Bonchev–Trinajstić information content (AvgIpc) is 3.95. The Bertz CT molecular complexity index is 3450. The summed E-state index contributed by atoms with van der Waals surface area (Å²) in [7, 11) is 0. The molecule has 0 aliphatic rings. The number of aryl methyl sites for hydroxylation is 1. The van der Waals surface area contributed by atoms with Gasteiger partial charge >= 0.3 is 0 Å². The lowest BCUT2D eigenvalue weighted by Gasteiger charge is -2.16. The summed E-state index contributed by atoms with van der Waals surface area (Å²) in [6, 6.07) is 61.3. The summed E-state index contributed by atoms with van der Waals surface area (Å²) in [5, 5.41) is 15.7. The first-order valence-corrected chi connectivity index (χ1v) is 18.5. The van der Waals surface area contributed by atoms with Crippen molar-refractivity contribution in [2.45, 2.75) is 6.92 Å². The van der Waals surface area contributed by atoms with Gasteiger partial charge in [-0.2, -0.15) is 0 Å². The minimum Gasteiger partial charge on any atom is -0.308 e. The summed E-state index contributed by atoms with van der Waals surface area (Å²) in [6.45, 7) is 2.31. The molecule has 0 bridgehead atoms. The highest BCUT2D eigenvalue weighted by atomic mass is 14.9. The van der Waals surface area contributed by atoms with Gasteiger partial charge in [0.2, 0.25) is 0 Å². The number of nitrogens with zero attached hydrogens (tertiary/aromatic N) is 2. The third-order valence-corrected chi connectivity index (χ3v) is 12.4. The molecule has 0 unspecified atom stereocenters. The zero-order valence-electron chi connectivity index (χ0n) is 29.0. The molecule has 4 aromatic heterocycles. The summed E-state index contributed by atoms with van der Waals surface area (Å²) < 4.78 is 4.97. The van der Waals surface area contributed by atoms with Crippen molar-refractivity contribution in [2.75, 3.05) is 0 Å². The minimum absolute atomic E-state index is 1.26. The summed E-state index contributed by atoms with van der Waals surface area (Å²) >= 11 is 0. The molecule has 0 radical (unpaired) electrons. The highest BCUT2D eigenvalue weighted by Gasteiger charge is 2.23. The Balaban J connectivity index is 1.13. The largest absolute Gasteiger partial charge is 0.308 e. The Morgan fingerprint density at radius 2 is 0.642 bits per heavy atom. The van der Waals surface area contributed by atoms with E-state index in [9.17, 15) is 0 Å². The van der Waals surface area contributed by atoms with Crippen molar-refractivity contribution >= 4 is 97.7 Å². The van der Waals surface area contributed by atoms with Crippen molar-refractivity contribution in [3.8, 4) is 22.3 Å². The zero-order valence-corrected chi connectivity index (χ0v) is 29.0. The zero-order chi connectivity index (χ0) is 34.5. The molecule has 4 heterocycles. The van der Waals surface area contributed by atoms with Crippen LogP contribution in [0.2, 0.25) is 0 Å². The van der Waals surface area contributed by atoms with E-state index in [1.807, 2.05) is 0 Å². The summed E-state index contributed by atoms with van der Waals surface area (Å²) in [4.78, 5) is 0. The van der Waals surface area contributed by atoms with Crippen LogP contribution in [-0.2, 0) is 0 Å². The van der Waals surface area contributed by atoms with Crippen LogP contribution in [-0.4, -0.2) is 8.80 Å². The second-order valence-electron chi connectivity index (χ2n) is 14.8. The molecule has 2 nitrogen and oxygen atoms in total. The lowest BCUT2D eigenvalue weighted by atomic mass is 9.87. The van der Waals surface area contributed by atoms with E-state index in [2.05, 4.69) is 180 Å². The first-order valence-electron chi connectivity index (χ1n) is 18.5. The number of rotatable bonds is 2. The summed E-state index contributed by atoms with van der Waals surface area (Å²) in [5.41, 5.74) is 14.1. The maximum Gasteiger partial charge on any atom is 0.0620 e. The van der Waals surface area contributed by atoms with Crippen molar-refractivity contribution in [3.05, 3.63) is 169 Å². The highest BCUT2D eigenvalue weighted by molar-refractivity contribution is 6.29. The molecular weight excluding hydrogens is 641 g/mol. The monoisotopic (exact) mass is 670 g/mol. The van der Waals surface area contributed by atoms with Crippen molar-refractivity contribution in [1.82, 2.24) is 8.80 Å². The van der Waals surface area contributed by atoms with Crippen LogP contribution < -0.4 is 0 Å². The quantitative estimate of drug-likeness (QED) is 0.162. The average molecular weight is 671 g/mol. The molecule has 0 fully saturated rings. The highest BCUT2D eigenvalue weighted by Crippen LogP contribution is 2.47. The molecule has 53 heavy (non-hydrogen) atoms. The molecule has 0 spiro atoms. The third-order valence-electron chi connectivity index (χ3n) is 12.4. The van der Waals surface area contributed by atoms with E-state index in [1.165, 1.54) is 126 Å². The van der Waals surface area contributed by atoms with Gasteiger partial charge in [-0.15, -0.1) is 0 Å².